The first-order chi connectivity index (χ1) is 7.61. The molecule has 0 aromatic heterocycles. The minimum atomic E-state index is -0.447. The summed E-state index contributed by atoms with van der Waals surface area (Å²) in [5.74, 6) is 0. The predicted octanol–water partition coefficient (Wildman–Crippen LogP) is 2.67. The van der Waals surface area contributed by atoms with Crippen LogP contribution in [-0.4, -0.2) is 42.4 Å². The van der Waals surface area contributed by atoms with E-state index < -0.39 is 5.60 Å². The highest BCUT2D eigenvalue weighted by molar-refractivity contribution is 5.68. The van der Waals surface area contributed by atoms with Crippen LogP contribution in [0.3, 0.4) is 0 Å². The highest BCUT2D eigenvalue weighted by Gasteiger charge is 2.37. The van der Waals surface area contributed by atoms with Crippen molar-refractivity contribution in [1.82, 2.24) is 4.90 Å². The first kappa shape index (κ1) is 14.3. The molecule has 0 saturated carbocycles. The van der Waals surface area contributed by atoms with Gasteiger partial charge in [-0.3, -0.25) is 0 Å². The van der Waals surface area contributed by atoms with Crippen LogP contribution in [0.15, 0.2) is 0 Å². The molecule has 1 aliphatic heterocycles. The number of hydrogen-bond donors (Lipinski definition) is 0. The zero-order chi connectivity index (χ0) is 13.3. The lowest BCUT2D eigenvalue weighted by molar-refractivity contribution is -0.0591. The van der Waals surface area contributed by atoms with E-state index in [1.165, 1.54) is 0 Å². The molecule has 1 aliphatic rings. The normalized spacial score (nSPS) is 22.5. The van der Waals surface area contributed by atoms with Gasteiger partial charge in [0.25, 0.3) is 0 Å². The molecule has 0 aliphatic carbocycles. The zero-order valence-electron chi connectivity index (χ0n) is 11.9. The Morgan fingerprint density at radius 3 is 2.29 bits per heavy atom. The Kier molecular flexibility index (Phi) is 4.07. The summed E-state index contributed by atoms with van der Waals surface area (Å²) >= 11 is 0. The maximum atomic E-state index is 12.1. The fourth-order valence-electron chi connectivity index (χ4n) is 1.86. The molecule has 1 unspecified atom stereocenters. The largest absolute Gasteiger partial charge is 0.444 e. The van der Waals surface area contributed by atoms with E-state index >= 15 is 0 Å². The number of rotatable bonds is 0. The van der Waals surface area contributed by atoms with E-state index in [1.807, 2.05) is 20.8 Å². The Morgan fingerprint density at radius 1 is 1.24 bits per heavy atom. The Balaban J connectivity index is 2.75. The maximum absolute atomic E-state index is 12.1. The quantitative estimate of drug-likeness (QED) is 0.656. The smallest absolute Gasteiger partial charge is 0.410 e. The monoisotopic (exact) mass is 243 g/mol. The van der Waals surface area contributed by atoms with Crippen LogP contribution in [0.5, 0.6) is 0 Å². The van der Waals surface area contributed by atoms with Crippen LogP contribution in [0.2, 0.25) is 0 Å². The van der Waals surface area contributed by atoms with E-state index in [0.717, 1.165) is 0 Å². The molecule has 4 nitrogen and oxygen atoms in total. The number of amides is 1. The van der Waals surface area contributed by atoms with E-state index in [9.17, 15) is 4.79 Å². The molecule has 0 spiro atoms. The second kappa shape index (κ2) is 4.84. The van der Waals surface area contributed by atoms with Gasteiger partial charge in [0.1, 0.15) is 5.60 Å². The average molecular weight is 243 g/mol. The van der Waals surface area contributed by atoms with Gasteiger partial charge in [0.15, 0.2) is 0 Å². The maximum Gasteiger partial charge on any atom is 0.410 e. The third-order valence-corrected chi connectivity index (χ3v) is 2.76. The van der Waals surface area contributed by atoms with Gasteiger partial charge >= 0.3 is 6.09 Å². The average Bonchev–Trinajstić information content (AvgIpc) is 2.13. The third-order valence-electron chi connectivity index (χ3n) is 2.76. The van der Waals surface area contributed by atoms with Gasteiger partial charge in [-0.1, -0.05) is 20.8 Å². The van der Waals surface area contributed by atoms with Crippen molar-refractivity contribution in [3.8, 4) is 0 Å². The van der Waals surface area contributed by atoms with Gasteiger partial charge in [-0.2, -0.15) is 0 Å². The van der Waals surface area contributed by atoms with Gasteiger partial charge < -0.3 is 14.4 Å². The van der Waals surface area contributed by atoms with Crippen LogP contribution in [0, 0.1) is 5.41 Å². The molecule has 0 radical (unpaired) electrons. The molecule has 0 aromatic carbocycles. The van der Waals surface area contributed by atoms with Crippen molar-refractivity contribution < 1.29 is 14.3 Å². The first-order valence-corrected chi connectivity index (χ1v) is 6.18. The molecule has 1 amide bonds. The van der Waals surface area contributed by atoms with Crippen LogP contribution in [0.25, 0.3) is 0 Å². The van der Waals surface area contributed by atoms with E-state index in [0.29, 0.717) is 19.8 Å². The summed E-state index contributed by atoms with van der Waals surface area (Å²) in [5, 5.41) is 0. The summed E-state index contributed by atoms with van der Waals surface area (Å²) in [5.41, 5.74) is -0.449. The Labute approximate surface area is 104 Å². The second-order valence-corrected chi connectivity index (χ2v) is 6.63. The minimum absolute atomic E-state index is 0.00265. The standard InChI is InChI=1S/C13H25NO3/c1-12(2,3)10-9-16-8-7-14(10)11(15)17-13(4,5)6/h10H,7-9H2,1-6H3. The summed E-state index contributed by atoms with van der Waals surface area (Å²) in [6.45, 7) is 13.8. The molecule has 0 N–H and O–H groups in total. The van der Waals surface area contributed by atoms with Crippen molar-refractivity contribution in [1.29, 1.82) is 0 Å². The molecule has 1 atom stereocenters. The molecule has 100 valence electrons. The summed E-state index contributed by atoms with van der Waals surface area (Å²) in [6, 6.07) is 0.0751. The van der Waals surface area contributed by atoms with Crippen molar-refractivity contribution >= 4 is 6.09 Å². The fraction of sp³-hybridized carbons (Fsp3) is 0.923. The lowest BCUT2D eigenvalue weighted by atomic mass is 9.85. The van der Waals surface area contributed by atoms with Gasteiger partial charge in [-0.15, -0.1) is 0 Å². The number of hydrogen-bond acceptors (Lipinski definition) is 3. The zero-order valence-corrected chi connectivity index (χ0v) is 11.9. The van der Waals surface area contributed by atoms with Crippen LogP contribution in [-0.2, 0) is 9.47 Å². The molecule has 0 aromatic rings. The van der Waals surface area contributed by atoms with Crippen LogP contribution in [0.4, 0.5) is 4.79 Å². The number of ether oxygens (including phenoxy) is 2. The lowest BCUT2D eigenvalue weighted by Crippen LogP contribution is -2.55. The topological polar surface area (TPSA) is 38.8 Å². The number of carbonyl (C=O) groups is 1. The summed E-state index contributed by atoms with van der Waals surface area (Å²) < 4.78 is 10.9. The van der Waals surface area contributed by atoms with Crippen molar-refractivity contribution in [3.63, 3.8) is 0 Å². The third kappa shape index (κ3) is 4.19. The lowest BCUT2D eigenvalue weighted by Gasteiger charge is -2.43. The van der Waals surface area contributed by atoms with Gasteiger partial charge in [-0.05, 0) is 26.2 Å². The molecular weight excluding hydrogens is 218 g/mol. The van der Waals surface area contributed by atoms with Crippen LogP contribution >= 0.6 is 0 Å². The van der Waals surface area contributed by atoms with Crippen molar-refractivity contribution in [2.24, 2.45) is 5.41 Å². The molecular formula is C13H25NO3. The Hall–Kier alpha value is -0.770. The molecule has 1 rings (SSSR count). The van der Waals surface area contributed by atoms with Gasteiger partial charge in [0, 0.05) is 6.54 Å². The van der Waals surface area contributed by atoms with Gasteiger partial charge in [0.2, 0.25) is 0 Å². The molecule has 1 saturated heterocycles. The summed E-state index contributed by atoms with van der Waals surface area (Å²) in [4.78, 5) is 13.9. The Morgan fingerprint density at radius 2 is 1.82 bits per heavy atom. The molecule has 1 fully saturated rings. The predicted molar refractivity (Wildman–Crippen MR) is 67.0 cm³/mol. The highest BCUT2D eigenvalue weighted by Crippen LogP contribution is 2.28. The number of nitrogens with zero attached hydrogens (tertiary/aromatic N) is 1. The fourth-order valence-corrected chi connectivity index (χ4v) is 1.86. The van der Waals surface area contributed by atoms with Crippen molar-refractivity contribution in [2.45, 2.75) is 53.2 Å². The van der Waals surface area contributed by atoms with Crippen molar-refractivity contribution in [3.05, 3.63) is 0 Å². The number of carbonyl (C=O) groups excluding carboxylic acids is 1. The Bertz CT molecular complexity index is 275. The summed E-state index contributed by atoms with van der Waals surface area (Å²) in [6.07, 6.45) is -0.235. The molecule has 4 heteroatoms. The van der Waals surface area contributed by atoms with Crippen LogP contribution < -0.4 is 0 Å². The first-order valence-electron chi connectivity index (χ1n) is 6.18. The SMILES string of the molecule is CC(C)(C)OC(=O)N1CCOCC1C(C)(C)C. The van der Waals surface area contributed by atoms with Crippen molar-refractivity contribution in [2.75, 3.05) is 19.8 Å². The minimum Gasteiger partial charge on any atom is -0.444 e. The highest BCUT2D eigenvalue weighted by atomic mass is 16.6. The summed E-state index contributed by atoms with van der Waals surface area (Å²) in [7, 11) is 0. The van der Waals surface area contributed by atoms with Gasteiger partial charge in [0.05, 0.1) is 19.3 Å². The molecule has 1 heterocycles. The van der Waals surface area contributed by atoms with Gasteiger partial charge in [-0.25, -0.2) is 4.79 Å². The van der Waals surface area contributed by atoms with E-state index in [4.69, 9.17) is 9.47 Å². The molecule has 17 heavy (non-hydrogen) atoms. The van der Waals surface area contributed by atoms with E-state index in [-0.39, 0.29) is 17.6 Å². The van der Waals surface area contributed by atoms with Crippen LogP contribution in [0.1, 0.15) is 41.5 Å². The van der Waals surface area contributed by atoms with E-state index in [1.54, 1.807) is 4.90 Å². The molecule has 0 bridgehead atoms. The van der Waals surface area contributed by atoms with E-state index in [2.05, 4.69) is 20.8 Å². The second-order valence-electron chi connectivity index (χ2n) is 6.63. The number of morpholine rings is 1.